The molecule has 7 heteroatoms. The molecule has 0 radical (unpaired) electrons. The Kier molecular flexibility index (Phi) is 5.10. The molecule has 1 atom stereocenters. The summed E-state index contributed by atoms with van der Waals surface area (Å²) in [6.07, 6.45) is -4.65. The highest BCUT2D eigenvalue weighted by molar-refractivity contribution is 5.80. The molecule has 3 nitrogen and oxygen atoms in total. The zero-order valence-corrected chi connectivity index (χ0v) is 11.1. The molecule has 0 fully saturated rings. The van der Waals surface area contributed by atoms with Gasteiger partial charge in [0.2, 0.25) is 5.91 Å². The topological polar surface area (TPSA) is 55.1 Å². The van der Waals surface area contributed by atoms with Crippen LogP contribution in [0.15, 0.2) is 18.2 Å². The van der Waals surface area contributed by atoms with E-state index in [0.29, 0.717) is 6.07 Å². The van der Waals surface area contributed by atoms with E-state index in [-0.39, 0.29) is 18.0 Å². The maximum atomic E-state index is 12.9. The molecular formula is C13H16F4N2O. The third-order valence-corrected chi connectivity index (χ3v) is 2.86. The van der Waals surface area contributed by atoms with E-state index in [2.05, 4.69) is 5.32 Å². The van der Waals surface area contributed by atoms with Crippen LogP contribution in [0.25, 0.3) is 0 Å². The lowest BCUT2D eigenvalue weighted by Gasteiger charge is -2.20. The molecule has 0 saturated heterocycles. The van der Waals surface area contributed by atoms with Gasteiger partial charge in [-0.3, -0.25) is 4.79 Å². The van der Waals surface area contributed by atoms with Crippen molar-refractivity contribution in [2.24, 2.45) is 11.7 Å². The predicted molar refractivity (Wildman–Crippen MR) is 66.1 cm³/mol. The highest BCUT2D eigenvalue weighted by Gasteiger charge is 2.34. The van der Waals surface area contributed by atoms with Crippen LogP contribution in [0.2, 0.25) is 0 Å². The van der Waals surface area contributed by atoms with Gasteiger partial charge in [-0.1, -0.05) is 19.9 Å². The number of alkyl halides is 3. The van der Waals surface area contributed by atoms with Crippen LogP contribution in [0, 0.1) is 11.7 Å². The minimum absolute atomic E-state index is 0.134. The van der Waals surface area contributed by atoms with Crippen molar-refractivity contribution in [2.45, 2.75) is 32.6 Å². The molecule has 3 N–H and O–H groups in total. The smallest absolute Gasteiger partial charge is 0.368 e. The molecule has 1 aromatic rings. The summed E-state index contributed by atoms with van der Waals surface area (Å²) in [5, 5.41) is 2.67. The summed E-state index contributed by atoms with van der Waals surface area (Å²) in [7, 11) is 0. The van der Waals surface area contributed by atoms with Crippen molar-refractivity contribution < 1.29 is 22.4 Å². The van der Waals surface area contributed by atoms with E-state index in [9.17, 15) is 22.4 Å². The largest absolute Gasteiger partial charge is 0.416 e. The highest BCUT2D eigenvalue weighted by Crippen LogP contribution is 2.32. The van der Waals surface area contributed by atoms with E-state index in [1.54, 1.807) is 13.8 Å². The van der Waals surface area contributed by atoms with E-state index in [0.717, 1.165) is 12.1 Å². The number of carbonyl (C=O) groups is 1. The minimum atomic E-state index is -4.65. The molecule has 1 aromatic carbocycles. The molecule has 0 saturated carbocycles. The van der Waals surface area contributed by atoms with E-state index < -0.39 is 29.5 Å². The van der Waals surface area contributed by atoms with Gasteiger partial charge >= 0.3 is 6.18 Å². The van der Waals surface area contributed by atoms with Gasteiger partial charge in [0.1, 0.15) is 5.82 Å². The minimum Gasteiger partial charge on any atom is -0.368 e. The van der Waals surface area contributed by atoms with Crippen molar-refractivity contribution in [3.63, 3.8) is 0 Å². The van der Waals surface area contributed by atoms with Crippen LogP contribution in [0.1, 0.15) is 25.0 Å². The summed E-state index contributed by atoms with van der Waals surface area (Å²) in [6, 6.07) is 1.68. The normalized spacial score (nSPS) is 13.6. The van der Waals surface area contributed by atoms with E-state index in [4.69, 9.17) is 5.73 Å². The first-order chi connectivity index (χ1) is 9.12. The quantitative estimate of drug-likeness (QED) is 0.819. The Morgan fingerprint density at radius 3 is 2.40 bits per heavy atom. The molecule has 1 amide bonds. The Bertz CT molecular complexity index is 486. The number of amides is 1. The Balaban J connectivity index is 2.95. The molecule has 0 heterocycles. The molecule has 1 rings (SSSR count). The Labute approximate surface area is 114 Å². The number of hydrogen-bond donors (Lipinski definition) is 2. The number of nitrogens with one attached hydrogen (secondary N) is 1. The maximum absolute atomic E-state index is 12.9. The highest BCUT2D eigenvalue weighted by atomic mass is 19.4. The zero-order valence-electron chi connectivity index (χ0n) is 11.1. The van der Waals surface area contributed by atoms with Crippen molar-refractivity contribution in [3.05, 3.63) is 35.1 Å². The summed E-state index contributed by atoms with van der Waals surface area (Å²) in [4.78, 5) is 11.2. The molecule has 0 spiro atoms. The Morgan fingerprint density at radius 1 is 1.35 bits per heavy atom. The molecule has 0 aliphatic carbocycles. The third-order valence-electron chi connectivity index (χ3n) is 2.86. The first-order valence-electron chi connectivity index (χ1n) is 6.01. The lowest BCUT2D eigenvalue weighted by Crippen LogP contribution is -2.44. The molecule has 0 aliphatic heterocycles. The van der Waals surface area contributed by atoms with Crippen molar-refractivity contribution in [3.8, 4) is 0 Å². The van der Waals surface area contributed by atoms with Gasteiger partial charge in [-0.2, -0.15) is 13.2 Å². The van der Waals surface area contributed by atoms with Crippen LogP contribution in [-0.2, 0) is 17.5 Å². The number of carbonyl (C=O) groups excluding carboxylic acids is 1. The standard InChI is InChI=1S/C13H16F4N2O/c1-7(2)11(12(18)20)19-6-8-3-4-9(14)5-10(8)13(15,16)17/h3-5,7,11,19H,6H2,1-2H3,(H2,18,20). The van der Waals surface area contributed by atoms with Crippen LogP contribution >= 0.6 is 0 Å². The van der Waals surface area contributed by atoms with Crippen LogP contribution < -0.4 is 11.1 Å². The second kappa shape index (κ2) is 6.21. The molecule has 0 aliphatic rings. The summed E-state index contributed by atoms with van der Waals surface area (Å²) < 4.78 is 51.3. The maximum Gasteiger partial charge on any atom is 0.416 e. The SMILES string of the molecule is CC(C)C(NCc1ccc(F)cc1C(F)(F)F)C(N)=O. The average molecular weight is 292 g/mol. The fourth-order valence-corrected chi connectivity index (χ4v) is 1.85. The van der Waals surface area contributed by atoms with Crippen molar-refractivity contribution in [2.75, 3.05) is 0 Å². The van der Waals surface area contributed by atoms with E-state index >= 15 is 0 Å². The number of halogens is 4. The molecule has 0 bridgehead atoms. The number of hydrogen-bond acceptors (Lipinski definition) is 2. The number of primary amides is 1. The van der Waals surface area contributed by atoms with E-state index in [1.165, 1.54) is 0 Å². The monoisotopic (exact) mass is 292 g/mol. The third kappa shape index (κ3) is 4.19. The van der Waals surface area contributed by atoms with Gasteiger partial charge in [0.25, 0.3) is 0 Å². The van der Waals surface area contributed by atoms with Gasteiger partial charge in [0, 0.05) is 6.54 Å². The number of nitrogens with two attached hydrogens (primary N) is 1. The van der Waals surface area contributed by atoms with Gasteiger partial charge < -0.3 is 11.1 Å². The van der Waals surface area contributed by atoms with Crippen molar-refractivity contribution in [1.29, 1.82) is 0 Å². The molecule has 0 aromatic heterocycles. The van der Waals surface area contributed by atoms with Crippen molar-refractivity contribution >= 4 is 5.91 Å². The first kappa shape index (κ1) is 16.4. The number of benzene rings is 1. The van der Waals surface area contributed by atoms with Gasteiger partial charge in [-0.25, -0.2) is 4.39 Å². The fraction of sp³-hybridized carbons (Fsp3) is 0.462. The van der Waals surface area contributed by atoms with Gasteiger partial charge in [-0.15, -0.1) is 0 Å². The van der Waals surface area contributed by atoms with E-state index in [1.807, 2.05) is 0 Å². The summed E-state index contributed by atoms with van der Waals surface area (Å²) in [5.74, 6) is -1.77. The molecular weight excluding hydrogens is 276 g/mol. The molecule has 20 heavy (non-hydrogen) atoms. The predicted octanol–water partition coefficient (Wildman–Crippen LogP) is 2.44. The summed E-state index contributed by atoms with van der Waals surface area (Å²) in [5.41, 5.74) is 3.97. The molecule has 112 valence electrons. The molecule has 1 unspecified atom stereocenters. The second-order valence-electron chi connectivity index (χ2n) is 4.80. The Morgan fingerprint density at radius 2 is 1.95 bits per heavy atom. The van der Waals surface area contributed by atoms with Crippen LogP contribution in [0.3, 0.4) is 0 Å². The lowest BCUT2D eigenvalue weighted by atomic mass is 10.0. The fourth-order valence-electron chi connectivity index (χ4n) is 1.85. The number of rotatable bonds is 5. The summed E-state index contributed by atoms with van der Waals surface area (Å²) in [6.45, 7) is 3.22. The zero-order chi connectivity index (χ0) is 15.5. The van der Waals surface area contributed by atoms with Gasteiger partial charge in [-0.05, 0) is 23.6 Å². The summed E-state index contributed by atoms with van der Waals surface area (Å²) >= 11 is 0. The average Bonchev–Trinajstić information content (AvgIpc) is 2.28. The van der Waals surface area contributed by atoms with Gasteiger partial charge in [0.05, 0.1) is 11.6 Å². The van der Waals surface area contributed by atoms with Gasteiger partial charge in [0.15, 0.2) is 0 Å². The first-order valence-corrected chi connectivity index (χ1v) is 6.01. The van der Waals surface area contributed by atoms with Crippen LogP contribution in [0.4, 0.5) is 17.6 Å². The van der Waals surface area contributed by atoms with Crippen LogP contribution in [0.5, 0.6) is 0 Å². The second-order valence-corrected chi connectivity index (χ2v) is 4.80. The Hall–Kier alpha value is -1.63. The van der Waals surface area contributed by atoms with Crippen molar-refractivity contribution in [1.82, 2.24) is 5.32 Å². The lowest BCUT2D eigenvalue weighted by molar-refractivity contribution is -0.138. The van der Waals surface area contributed by atoms with Crippen LogP contribution in [-0.4, -0.2) is 11.9 Å².